The van der Waals surface area contributed by atoms with Crippen LogP contribution >= 0.6 is 11.6 Å². The average Bonchev–Trinajstić information content (AvgIpc) is 3.25. The second-order valence-corrected chi connectivity index (χ2v) is 7.48. The van der Waals surface area contributed by atoms with E-state index in [1.54, 1.807) is 19.1 Å². The number of hydrogen-bond acceptors (Lipinski definition) is 7. The van der Waals surface area contributed by atoms with Gasteiger partial charge in [0, 0.05) is 11.6 Å². The molecule has 4 rings (SSSR count). The first-order chi connectivity index (χ1) is 16.3. The number of barbiturate groups is 1. The number of carboxylic acids is 1. The minimum atomic E-state index is -1.38. The van der Waals surface area contributed by atoms with Gasteiger partial charge in [0.05, 0.1) is 23.3 Å². The number of amides is 4. The van der Waals surface area contributed by atoms with E-state index in [0.717, 1.165) is 4.90 Å². The summed E-state index contributed by atoms with van der Waals surface area (Å²) in [5.41, 5.74) is 0.0766. The van der Waals surface area contributed by atoms with E-state index in [9.17, 15) is 24.3 Å². The first-order valence-corrected chi connectivity index (χ1v) is 10.4. The van der Waals surface area contributed by atoms with Gasteiger partial charge >= 0.3 is 6.03 Å². The van der Waals surface area contributed by atoms with Crippen molar-refractivity contribution < 1.29 is 33.4 Å². The molecule has 0 atom stereocenters. The van der Waals surface area contributed by atoms with Crippen molar-refractivity contribution >= 4 is 47.2 Å². The van der Waals surface area contributed by atoms with E-state index in [4.69, 9.17) is 20.8 Å². The molecule has 2 aromatic carbocycles. The second-order valence-electron chi connectivity index (χ2n) is 7.07. The fourth-order valence-corrected chi connectivity index (χ4v) is 3.54. The number of imide groups is 2. The predicted molar refractivity (Wildman–Crippen MR) is 120 cm³/mol. The number of ether oxygens (including phenoxy) is 1. The zero-order valence-electron chi connectivity index (χ0n) is 17.7. The summed E-state index contributed by atoms with van der Waals surface area (Å²) in [4.78, 5) is 49.9. The SMILES string of the molecule is CCOc1cccc(N2C(=O)NC(=O)/C(=C/c3ccc(-c4cc(C(=O)[O-])ccc4Cl)o3)C2=O)c1. The van der Waals surface area contributed by atoms with Crippen molar-refractivity contribution in [2.24, 2.45) is 0 Å². The lowest BCUT2D eigenvalue weighted by molar-refractivity contribution is -0.255. The molecule has 10 heteroatoms. The Morgan fingerprint density at radius 3 is 2.68 bits per heavy atom. The van der Waals surface area contributed by atoms with E-state index >= 15 is 0 Å². The topological polar surface area (TPSA) is 129 Å². The summed E-state index contributed by atoms with van der Waals surface area (Å²) in [6, 6.07) is 12.4. The first kappa shape index (κ1) is 22.8. The van der Waals surface area contributed by atoms with Gasteiger partial charge in [-0.3, -0.25) is 14.9 Å². The molecule has 1 aliphatic heterocycles. The molecule has 1 aromatic heterocycles. The lowest BCUT2D eigenvalue weighted by Crippen LogP contribution is -2.54. The van der Waals surface area contributed by atoms with Crippen LogP contribution in [0, 0.1) is 0 Å². The number of rotatable bonds is 6. The number of urea groups is 1. The van der Waals surface area contributed by atoms with Crippen LogP contribution in [0.25, 0.3) is 17.4 Å². The van der Waals surface area contributed by atoms with Gasteiger partial charge < -0.3 is 19.1 Å². The van der Waals surface area contributed by atoms with Gasteiger partial charge in [-0.15, -0.1) is 0 Å². The van der Waals surface area contributed by atoms with E-state index in [1.165, 1.54) is 48.5 Å². The maximum Gasteiger partial charge on any atom is 0.335 e. The molecule has 3 aromatic rings. The summed E-state index contributed by atoms with van der Waals surface area (Å²) in [6.07, 6.45) is 1.18. The molecular formula is C24H16ClN2O7-. The third-order valence-corrected chi connectivity index (χ3v) is 5.20. The van der Waals surface area contributed by atoms with E-state index in [1.807, 2.05) is 0 Å². The number of carbonyl (C=O) groups is 4. The number of carbonyl (C=O) groups excluding carboxylic acids is 4. The van der Waals surface area contributed by atoms with Gasteiger partial charge in [0.25, 0.3) is 11.8 Å². The van der Waals surface area contributed by atoms with Crippen molar-refractivity contribution in [1.82, 2.24) is 5.32 Å². The fourth-order valence-electron chi connectivity index (χ4n) is 3.33. The molecule has 9 nitrogen and oxygen atoms in total. The highest BCUT2D eigenvalue weighted by molar-refractivity contribution is 6.39. The number of carboxylic acid groups (broad SMARTS) is 1. The largest absolute Gasteiger partial charge is 0.545 e. The molecule has 4 amide bonds. The molecule has 0 radical (unpaired) electrons. The van der Waals surface area contributed by atoms with Gasteiger partial charge in [-0.25, -0.2) is 9.69 Å². The molecule has 0 spiro atoms. The normalized spacial score (nSPS) is 14.9. The molecule has 0 saturated carbocycles. The standard InChI is InChI=1S/C24H17ClN2O7/c1-2-33-15-5-3-4-14(11-15)27-22(29)18(21(28)26-24(27)32)12-16-7-9-20(34-16)17-10-13(23(30)31)6-8-19(17)25/h3-12H,2H2,1H3,(H,30,31)(H,26,28,32)/p-1/b18-12-. The maximum absolute atomic E-state index is 13.1. The van der Waals surface area contributed by atoms with Crippen molar-refractivity contribution in [3.05, 3.63) is 76.5 Å². The summed E-state index contributed by atoms with van der Waals surface area (Å²) in [7, 11) is 0. The van der Waals surface area contributed by atoms with Crippen LogP contribution in [0.1, 0.15) is 23.0 Å². The van der Waals surface area contributed by atoms with Crippen molar-refractivity contribution in [3.8, 4) is 17.1 Å². The van der Waals surface area contributed by atoms with Crippen molar-refractivity contribution in [2.75, 3.05) is 11.5 Å². The van der Waals surface area contributed by atoms with Crippen LogP contribution in [-0.4, -0.2) is 30.4 Å². The molecule has 0 bridgehead atoms. The van der Waals surface area contributed by atoms with Crippen LogP contribution in [0.4, 0.5) is 10.5 Å². The van der Waals surface area contributed by atoms with Gasteiger partial charge in [-0.05, 0) is 55.0 Å². The molecule has 1 N–H and O–H groups in total. The lowest BCUT2D eigenvalue weighted by Gasteiger charge is -2.26. The van der Waals surface area contributed by atoms with Gasteiger partial charge in [0.2, 0.25) is 0 Å². The fraction of sp³-hybridized carbons (Fsp3) is 0.0833. The predicted octanol–water partition coefficient (Wildman–Crippen LogP) is 3.03. The van der Waals surface area contributed by atoms with Crippen LogP contribution in [0.15, 0.2) is 64.6 Å². The molecule has 172 valence electrons. The first-order valence-electron chi connectivity index (χ1n) is 10.0. The number of furan rings is 1. The second kappa shape index (κ2) is 9.24. The smallest absolute Gasteiger partial charge is 0.335 e. The number of halogens is 1. The molecular weight excluding hydrogens is 464 g/mol. The quantitative estimate of drug-likeness (QED) is 0.425. The Bertz CT molecular complexity index is 1360. The lowest BCUT2D eigenvalue weighted by atomic mass is 10.1. The Balaban J connectivity index is 1.68. The zero-order valence-corrected chi connectivity index (χ0v) is 18.4. The summed E-state index contributed by atoms with van der Waals surface area (Å²) < 4.78 is 11.1. The number of nitrogens with one attached hydrogen (secondary N) is 1. The number of nitrogens with zero attached hydrogens (tertiary/aromatic N) is 1. The highest BCUT2D eigenvalue weighted by Crippen LogP contribution is 2.32. The van der Waals surface area contributed by atoms with Crippen LogP contribution in [0.3, 0.4) is 0 Å². The number of aromatic carboxylic acids is 1. The third-order valence-electron chi connectivity index (χ3n) is 4.87. The molecule has 1 saturated heterocycles. The van der Waals surface area contributed by atoms with Crippen LogP contribution in [0.5, 0.6) is 5.75 Å². The Labute approximate surface area is 198 Å². The highest BCUT2D eigenvalue weighted by atomic mass is 35.5. The highest BCUT2D eigenvalue weighted by Gasteiger charge is 2.37. The van der Waals surface area contributed by atoms with E-state index < -0.39 is 23.8 Å². The molecule has 1 fully saturated rings. The Morgan fingerprint density at radius 2 is 1.94 bits per heavy atom. The average molecular weight is 480 g/mol. The summed E-state index contributed by atoms with van der Waals surface area (Å²) in [6.45, 7) is 2.19. The van der Waals surface area contributed by atoms with E-state index in [0.29, 0.717) is 12.4 Å². The molecule has 1 aliphatic rings. The number of benzene rings is 2. The maximum atomic E-state index is 13.1. The molecule has 0 aliphatic carbocycles. The van der Waals surface area contributed by atoms with Crippen LogP contribution in [-0.2, 0) is 9.59 Å². The Kier molecular flexibility index (Phi) is 6.20. The summed E-state index contributed by atoms with van der Waals surface area (Å²) >= 11 is 6.16. The zero-order chi connectivity index (χ0) is 24.4. The summed E-state index contributed by atoms with van der Waals surface area (Å²) in [5.74, 6) is -2.34. The Hall–Kier alpha value is -4.37. The van der Waals surface area contributed by atoms with Crippen molar-refractivity contribution in [3.63, 3.8) is 0 Å². The number of anilines is 1. The van der Waals surface area contributed by atoms with Gasteiger partial charge in [0.1, 0.15) is 22.8 Å². The van der Waals surface area contributed by atoms with Gasteiger partial charge in [0.15, 0.2) is 0 Å². The van der Waals surface area contributed by atoms with Crippen LogP contribution in [0.2, 0.25) is 5.02 Å². The number of hydrogen-bond donors (Lipinski definition) is 1. The van der Waals surface area contributed by atoms with Gasteiger partial charge in [-0.1, -0.05) is 23.7 Å². The molecule has 34 heavy (non-hydrogen) atoms. The third kappa shape index (κ3) is 4.41. The molecule has 0 unspecified atom stereocenters. The minimum Gasteiger partial charge on any atom is -0.545 e. The molecule has 2 heterocycles. The van der Waals surface area contributed by atoms with E-state index in [2.05, 4.69) is 5.32 Å². The van der Waals surface area contributed by atoms with Crippen LogP contribution < -0.4 is 20.1 Å². The van der Waals surface area contributed by atoms with Gasteiger partial charge in [-0.2, -0.15) is 0 Å². The summed E-state index contributed by atoms with van der Waals surface area (Å²) in [5, 5.41) is 13.5. The van der Waals surface area contributed by atoms with Crippen molar-refractivity contribution in [1.29, 1.82) is 0 Å². The Morgan fingerprint density at radius 1 is 1.15 bits per heavy atom. The van der Waals surface area contributed by atoms with E-state index in [-0.39, 0.29) is 38.9 Å². The van der Waals surface area contributed by atoms with Crippen molar-refractivity contribution in [2.45, 2.75) is 6.92 Å². The minimum absolute atomic E-state index is 0.0963. The monoisotopic (exact) mass is 479 g/mol.